The van der Waals surface area contributed by atoms with Gasteiger partial charge in [0.15, 0.2) is 6.04 Å². The van der Waals surface area contributed by atoms with Gasteiger partial charge >= 0.3 is 12.1 Å². The predicted molar refractivity (Wildman–Crippen MR) is 108 cm³/mol. The molecule has 7 heteroatoms. The minimum absolute atomic E-state index is 0.0487. The third kappa shape index (κ3) is 6.14. The van der Waals surface area contributed by atoms with Crippen molar-refractivity contribution in [2.75, 3.05) is 14.2 Å². The highest BCUT2D eigenvalue weighted by molar-refractivity contribution is 5.81. The number of amides is 1. The van der Waals surface area contributed by atoms with E-state index in [4.69, 9.17) is 14.2 Å². The van der Waals surface area contributed by atoms with Crippen molar-refractivity contribution in [2.24, 2.45) is 0 Å². The molecule has 2 aromatic rings. The predicted octanol–water partition coefficient (Wildman–Crippen LogP) is 4.27. The zero-order valence-electron chi connectivity index (χ0n) is 17.3. The van der Waals surface area contributed by atoms with Gasteiger partial charge in [0.25, 0.3) is 0 Å². The first-order valence-corrected chi connectivity index (χ1v) is 9.14. The highest BCUT2D eigenvalue weighted by Crippen LogP contribution is 2.28. The molecule has 0 heterocycles. The number of benzene rings is 2. The Morgan fingerprint density at radius 2 is 1.62 bits per heavy atom. The topological polar surface area (TPSA) is 85.3 Å². The zero-order valence-corrected chi connectivity index (χ0v) is 17.3. The Kier molecular flexibility index (Phi) is 7.09. The van der Waals surface area contributed by atoms with Gasteiger partial charge in [-0.1, -0.05) is 24.3 Å². The molecule has 0 unspecified atom stereocenters. The lowest BCUT2D eigenvalue weighted by atomic mass is 10.0. The number of hydrogen-bond donors (Lipinski definition) is 1. The molecule has 0 saturated heterocycles. The average molecular weight is 401 g/mol. The van der Waals surface area contributed by atoms with E-state index in [0.29, 0.717) is 17.1 Å². The van der Waals surface area contributed by atoms with E-state index in [1.807, 2.05) is 0 Å². The normalized spacial score (nSPS) is 12.0. The molecule has 0 aliphatic heterocycles. The van der Waals surface area contributed by atoms with Crippen LogP contribution in [0.1, 0.15) is 37.9 Å². The third-order valence-corrected chi connectivity index (χ3v) is 4.10. The Morgan fingerprint density at radius 3 is 2.14 bits per heavy atom. The first-order chi connectivity index (χ1) is 13.6. The van der Waals surface area contributed by atoms with Gasteiger partial charge in [-0.25, -0.2) is 9.59 Å². The summed E-state index contributed by atoms with van der Waals surface area (Å²) in [6.45, 7) is 5.25. The van der Waals surface area contributed by atoms with E-state index in [1.165, 1.54) is 12.0 Å². The van der Waals surface area contributed by atoms with Crippen LogP contribution in [0.4, 0.5) is 4.79 Å². The van der Waals surface area contributed by atoms with Crippen LogP contribution in [0.25, 0.3) is 0 Å². The van der Waals surface area contributed by atoms with Crippen molar-refractivity contribution < 1.29 is 28.9 Å². The van der Waals surface area contributed by atoms with Gasteiger partial charge in [-0.15, -0.1) is 0 Å². The van der Waals surface area contributed by atoms with Crippen LogP contribution in [0, 0.1) is 0 Å². The molecule has 0 bridgehead atoms. The molecule has 2 aromatic carbocycles. The molecule has 156 valence electrons. The summed E-state index contributed by atoms with van der Waals surface area (Å²) in [5.41, 5.74) is 0.383. The highest BCUT2D eigenvalue weighted by Gasteiger charge is 2.34. The van der Waals surface area contributed by atoms with Crippen LogP contribution in [-0.2, 0) is 16.1 Å². The van der Waals surface area contributed by atoms with Crippen molar-refractivity contribution in [1.29, 1.82) is 0 Å². The largest absolute Gasteiger partial charge is 0.497 e. The summed E-state index contributed by atoms with van der Waals surface area (Å²) in [4.78, 5) is 26.3. The minimum Gasteiger partial charge on any atom is -0.497 e. The summed E-state index contributed by atoms with van der Waals surface area (Å²) in [5, 5.41) is 9.96. The number of aliphatic carboxylic acids is 1. The molecule has 0 aliphatic rings. The summed E-state index contributed by atoms with van der Waals surface area (Å²) in [5.74, 6) is 0.000100. The van der Waals surface area contributed by atoms with Gasteiger partial charge in [0.2, 0.25) is 0 Å². The molecule has 29 heavy (non-hydrogen) atoms. The second-order valence-corrected chi connectivity index (χ2v) is 7.47. The summed E-state index contributed by atoms with van der Waals surface area (Å²) in [6, 6.07) is 12.5. The van der Waals surface area contributed by atoms with E-state index >= 15 is 0 Å². The fraction of sp³-hybridized carbons (Fsp3) is 0.364. The van der Waals surface area contributed by atoms with Crippen molar-refractivity contribution in [2.45, 2.75) is 39.0 Å². The maximum absolute atomic E-state index is 12.9. The summed E-state index contributed by atoms with van der Waals surface area (Å²) in [7, 11) is 3.06. The lowest BCUT2D eigenvalue weighted by Gasteiger charge is -2.32. The van der Waals surface area contributed by atoms with Crippen molar-refractivity contribution in [3.8, 4) is 11.5 Å². The molecule has 1 atom stereocenters. The molecule has 0 aliphatic carbocycles. The van der Waals surface area contributed by atoms with Crippen molar-refractivity contribution >= 4 is 12.1 Å². The van der Waals surface area contributed by atoms with Crippen LogP contribution in [0.3, 0.4) is 0 Å². The zero-order chi connectivity index (χ0) is 21.6. The molecule has 7 nitrogen and oxygen atoms in total. The van der Waals surface area contributed by atoms with Gasteiger partial charge < -0.3 is 19.3 Å². The first-order valence-electron chi connectivity index (χ1n) is 9.14. The van der Waals surface area contributed by atoms with Gasteiger partial charge in [-0.05, 0) is 56.2 Å². The van der Waals surface area contributed by atoms with Crippen LogP contribution < -0.4 is 9.47 Å². The highest BCUT2D eigenvalue weighted by atomic mass is 16.6. The van der Waals surface area contributed by atoms with Crippen LogP contribution in [0.5, 0.6) is 11.5 Å². The molecule has 1 N–H and O–H groups in total. The maximum Gasteiger partial charge on any atom is 0.411 e. The van der Waals surface area contributed by atoms with Crippen LogP contribution in [0.15, 0.2) is 48.5 Å². The van der Waals surface area contributed by atoms with Gasteiger partial charge in [0.05, 0.1) is 20.8 Å². The van der Waals surface area contributed by atoms with E-state index in [1.54, 1.807) is 76.4 Å². The number of carboxylic acid groups (broad SMARTS) is 1. The Bertz CT molecular complexity index is 841. The molecule has 2 rings (SSSR count). The second-order valence-electron chi connectivity index (χ2n) is 7.47. The van der Waals surface area contributed by atoms with E-state index in [2.05, 4.69) is 0 Å². The van der Waals surface area contributed by atoms with E-state index in [-0.39, 0.29) is 6.54 Å². The van der Waals surface area contributed by atoms with Gasteiger partial charge in [0.1, 0.15) is 17.1 Å². The smallest absolute Gasteiger partial charge is 0.411 e. The first kappa shape index (κ1) is 22.1. The number of rotatable bonds is 7. The number of carbonyl (C=O) groups excluding carboxylic acids is 1. The second kappa shape index (κ2) is 9.32. The molecule has 0 radical (unpaired) electrons. The number of methoxy groups -OCH3 is 2. The van der Waals surface area contributed by atoms with Crippen molar-refractivity contribution in [1.82, 2.24) is 4.90 Å². The standard InChI is InChI=1S/C22H27NO6/c1-22(2,3)29-21(26)23(14-15-9-11-17(27-4)12-10-15)19(20(24)25)16-7-6-8-18(13-16)28-5/h6-13,19H,14H2,1-5H3,(H,24,25)/t19-/m1/s1. The number of carboxylic acids is 1. The molecule has 0 aromatic heterocycles. The molecule has 0 spiro atoms. The van der Waals surface area contributed by atoms with Crippen LogP contribution >= 0.6 is 0 Å². The Labute approximate surface area is 170 Å². The Hall–Kier alpha value is -3.22. The van der Waals surface area contributed by atoms with Gasteiger partial charge in [-0.3, -0.25) is 4.90 Å². The van der Waals surface area contributed by atoms with Gasteiger partial charge in [-0.2, -0.15) is 0 Å². The lowest BCUT2D eigenvalue weighted by Crippen LogP contribution is -2.41. The molecular weight excluding hydrogens is 374 g/mol. The summed E-state index contributed by atoms with van der Waals surface area (Å²) >= 11 is 0. The molecular formula is C22H27NO6. The molecule has 1 amide bonds. The number of carbonyl (C=O) groups is 2. The fourth-order valence-electron chi connectivity index (χ4n) is 2.78. The summed E-state index contributed by atoms with van der Waals surface area (Å²) in [6.07, 6.45) is -0.719. The maximum atomic E-state index is 12.9. The Morgan fingerprint density at radius 1 is 1.00 bits per heavy atom. The average Bonchev–Trinajstić information content (AvgIpc) is 2.66. The van der Waals surface area contributed by atoms with E-state index in [0.717, 1.165) is 5.56 Å². The number of hydrogen-bond acceptors (Lipinski definition) is 5. The van der Waals surface area contributed by atoms with E-state index in [9.17, 15) is 14.7 Å². The third-order valence-electron chi connectivity index (χ3n) is 4.10. The van der Waals surface area contributed by atoms with Gasteiger partial charge in [0, 0.05) is 0 Å². The Balaban J connectivity index is 2.45. The lowest BCUT2D eigenvalue weighted by molar-refractivity contribution is -0.143. The fourth-order valence-corrected chi connectivity index (χ4v) is 2.78. The quantitative estimate of drug-likeness (QED) is 0.746. The molecule has 0 saturated carbocycles. The van der Waals surface area contributed by atoms with Crippen LogP contribution in [-0.4, -0.2) is 41.9 Å². The number of ether oxygens (including phenoxy) is 3. The van der Waals surface area contributed by atoms with Crippen molar-refractivity contribution in [3.63, 3.8) is 0 Å². The molecule has 0 fully saturated rings. The van der Waals surface area contributed by atoms with Crippen LogP contribution in [0.2, 0.25) is 0 Å². The summed E-state index contributed by atoms with van der Waals surface area (Å²) < 4.78 is 15.9. The SMILES string of the molecule is COc1ccc(CN(C(=O)OC(C)(C)C)[C@@H](C(=O)O)c2cccc(OC)c2)cc1. The monoisotopic (exact) mass is 401 g/mol. The van der Waals surface area contributed by atoms with Crippen molar-refractivity contribution in [3.05, 3.63) is 59.7 Å². The number of nitrogens with zero attached hydrogens (tertiary/aromatic N) is 1. The minimum atomic E-state index is -1.25. The van der Waals surface area contributed by atoms with E-state index < -0.39 is 23.7 Å².